The Morgan fingerprint density at radius 2 is 1.86 bits per heavy atom. The number of hydrogen-bond donors (Lipinski definition) is 1. The summed E-state index contributed by atoms with van der Waals surface area (Å²) in [5.41, 5.74) is 6.79. The molecule has 2 N–H and O–H groups in total. The molecule has 1 heterocycles. The maximum Gasteiger partial charge on any atom is 0.261 e. The van der Waals surface area contributed by atoms with E-state index in [0.717, 1.165) is 4.90 Å². The number of benzene rings is 1. The molecule has 2 rings (SSSR count). The molecule has 1 aliphatic heterocycles. The summed E-state index contributed by atoms with van der Waals surface area (Å²) in [6, 6.07) is 4.70. The molecule has 0 unspecified atom stereocenters. The van der Waals surface area contributed by atoms with Crippen molar-refractivity contribution >= 4 is 17.5 Å². The predicted octanol–water partition coefficient (Wildman–Crippen LogP) is 0.699. The Kier molecular flexibility index (Phi) is 1.77. The highest BCUT2D eigenvalue weighted by Gasteiger charge is 2.34. The number of hydrogen-bond acceptors (Lipinski definition) is 3. The number of amides is 2. The summed E-state index contributed by atoms with van der Waals surface area (Å²) in [4.78, 5) is 24.3. The van der Waals surface area contributed by atoms with Crippen molar-refractivity contribution in [1.29, 1.82) is 0 Å². The number of anilines is 1. The Balaban J connectivity index is 2.58. The average Bonchev–Trinajstić information content (AvgIpc) is 2.39. The number of carbonyl (C=O) groups is 2. The first-order valence-corrected chi connectivity index (χ1v) is 4.20. The lowest BCUT2D eigenvalue weighted by Crippen LogP contribution is -2.29. The molecule has 0 spiro atoms. The fourth-order valence-corrected chi connectivity index (χ4v) is 1.51. The summed E-state index contributed by atoms with van der Waals surface area (Å²) in [6.07, 6.45) is 0. The fourth-order valence-electron chi connectivity index (χ4n) is 1.51. The van der Waals surface area contributed by atoms with E-state index in [1.54, 1.807) is 12.1 Å². The minimum Gasteiger partial charge on any atom is -0.399 e. The predicted molar refractivity (Wildman–Crippen MR) is 51.6 cm³/mol. The van der Waals surface area contributed by atoms with E-state index in [1.807, 2.05) is 0 Å². The van der Waals surface area contributed by atoms with E-state index >= 15 is 0 Å². The van der Waals surface area contributed by atoms with Crippen molar-refractivity contribution in [2.75, 3.05) is 12.3 Å². The third kappa shape index (κ3) is 1.00. The van der Waals surface area contributed by atoms with Crippen molar-refractivity contribution in [3.63, 3.8) is 0 Å². The van der Waals surface area contributed by atoms with Gasteiger partial charge in [-0.1, -0.05) is 0 Å². The molecule has 4 nitrogen and oxygen atoms in total. The molecule has 71 valence electrons. The Morgan fingerprint density at radius 1 is 1.21 bits per heavy atom. The van der Waals surface area contributed by atoms with Gasteiger partial charge in [0.25, 0.3) is 11.8 Å². The summed E-state index contributed by atoms with van der Waals surface area (Å²) in [5, 5.41) is 0. The second kappa shape index (κ2) is 2.83. The zero-order chi connectivity index (χ0) is 10.3. The first kappa shape index (κ1) is 8.74. The van der Waals surface area contributed by atoms with Crippen LogP contribution in [0.4, 0.5) is 5.69 Å². The van der Waals surface area contributed by atoms with Gasteiger partial charge in [0.1, 0.15) is 0 Å². The molecular formula is C10H9N2O2. The third-order valence-electron chi connectivity index (χ3n) is 2.22. The smallest absolute Gasteiger partial charge is 0.261 e. The molecule has 1 aromatic rings. The van der Waals surface area contributed by atoms with Crippen LogP contribution >= 0.6 is 0 Å². The number of nitrogens with two attached hydrogens (primary N) is 1. The summed E-state index contributed by atoms with van der Waals surface area (Å²) in [5.74, 6) is -0.604. The average molecular weight is 189 g/mol. The Hall–Kier alpha value is -1.84. The Morgan fingerprint density at radius 3 is 2.50 bits per heavy atom. The molecule has 0 saturated carbocycles. The first-order valence-electron chi connectivity index (χ1n) is 4.20. The molecule has 0 saturated heterocycles. The molecule has 0 fully saturated rings. The van der Waals surface area contributed by atoms with Crippen LogP contribution in [0.25, 0.3) is 0 Å². The second-order valence-electron chi connectivity index (χ2n) is 3.07. The number of imide groups is 1. The maximum absolute atomic E-state index is 11.6. The quantitative estimate of drug-likeness (QED) is 0.522. The molecule has 4 heteroatoms. The molecular weight excluding hydrogens is 180 g/mol. The number of nitrogens with zero attached hydrogens (tertiary/aromatic N) is 1. The second-order valence-corrected chi connectivity index (χ2v) is 3.07. The summed E-state index contributed by atoms with van der Waals surface area (Å²) in [6.45, 7) is 3.67. The third-order valence-corrected chi connectivity index (χ3v) is 2.22. The van der Waals surface area contributed by atoms with Crippen molar-refractivity contribution in [3.05, 3.63) is 36.2 Å². The Labute approximate surface area is 81.3 Å². The van der Waals surface area contributed by atoms with Crippen LogP contribution in [0, 0.1) is 6.92 Å². The SMILES string of the molecule is [CH2]CN1C(=O)c2ccc(N)cc2C1=O. The van der Waals surface area contributed by atoms with Crippen molar-refractivity contribution in [3.8, 4) is 0 Å². The maximum atomic E-state index is 11.6. The molecule has 1 aliphatic rings. The lowest BCUT2D eigenvalue weighted by atomic mass is 10.1. The van der Waals surface area contributed by atoms with Crippen molar-refractivity contribution < 1.29 is 9.59 Å². The number of fused-ring (bicyclic) bond motifs is 1. The van der Waals surface area contributed by atoms with E-state index in [9.17, 15) is 9.59 Å². The van der Waals surface area contributed by atoms with Gasteiger partial charge in [-0.3, -0.25) is 14.5 Å². The standard InChI is InChI=1S/C10H9N2O2/c1-2-12-9(13)7-4-3-6(11)5-8(7)10(12)14/h3-5H,1-2,11H2. The van der Waals surface area contributed by atoms with Gasteiger partial charge in [-0.05, 0) is 25.1 Å². The fraction of sp³-hybridized carbons (Fsp3) is 0.100. The molecule has 0 aliphatic carbocycles. The molecule has 1 aromatic carbocycles. The van der Waals surface area contributed by atoms with Crippen LogP contribution in [0.1, 0.15) is 20.7 Å². The van der Waals surface area contributed by atoms with Crippen molar-refractivity contribution in [2.45, 2.75) is 0 Å². The molecule has 14 heavy (non-hydrogen) atoms. The van der Waals surface area contributed by atoms with E-state index < -0.39 is 0 Å². The lowest BCUT2D eigenvalue weighted by Gasteiger charge is -2.08. The molecule has 0 aromatic heterocycles. The summed E-state index contributed by atoms with van der Waals surface area (Å²) < 4.78 is 0. The van der Waals surface area contributed by atoms with E-state index in [2.05, 4.69) is 6.92 Å². The van der Waals surface area contributed by atoms with Crippen molar-refractivity contribution in [1.82, 2.24) is 4.90 Å². The van der Waals surface area contributed by atoms with E-state index in [-0.39, 0.29) is 18.4 Å². The molecule has 0 bridgehead atoms. The van der Waals surface area contributed by atoms with E-state index in [4.69, 9.17) is 5.73 Å². The summed E-state index contributed by atoms with van der Waals surface area (Å²) in [7, 11) is 0. The van der Waals surface area contributed by atoms with Gasteiger partial charge in [-0.2, -0.15) is 0 Å². The number of nitrogen functional groups attached to an aromatic ring is 1. The largest absolute Gasteiger partial charge is 0.399 e. The van der Waals surface area contributed by atoms with Gasteiger partial charge in [0.2, 0.25) is 0 Å². The minimum atomic E-state index is -0.313. The van der Waals surface area contributed by atoms with Gasteiger partial charge in [-0.25, -0.2) is 0 Å². The van der Waals surface area contributed by atoms with Crippen LogP contribution < -0.4 is 5.73 Å². The van der Waals surface area contributed by atoms with Crippen LogP contribution in [0.15, 0.2) is 18.2 Å². The topological polar surface area (TPSA) is 63.4 Å². The minimum absolute atomic E-state index is 0.145. The van der Waals surface area contributed by atoms with Gasteiger partial charge < -0.3 is 5.73 Å². The first-order chi connectivity index (χ1) is 6.65. The van der Waals surface area contributed by atoms with Gasteiger partial charge in [0.15, 0.2) is 0 Å². The van der Waals surface area contributed by atoms with Crippen LogP contribution in [-0.2, 0) is 0 Å². The van der Waals surface area contributed by atoms with E-state index in [0.29, 0.717) is 16.8 Å². The van der Waals surface area contributed by atoms with Gasteiger partial charge >= 0.3 is 0 Å². The van der Waals surface area contributed by atoms with Gasteiger partial charge in [-0.15, -0.1) is 0 Å². The highest BCUT2D eigenvalue weighted by Crippen LogP contribution is 2.24. The molecule has 2 amide bonds. The zero-order valence-electron chi connectivity index (χ0n) is 7.49. The monoisotopic (exact) mass is 189 g/mol. The van der Waals surface area contributed by atoms with Crippen LogP contribution in [0.5, 0.6) is 0 Å². The molecule has 0 atom stereocenters. The highest BCUT2D eigenvalue weighted by atomic mass is 16.2. The molecule has 1 radical (unpaired) electrons. The zero-order valence-corrected chi connectivity index (χ0v) is 7.49. The number of rotatable bonds is 1. The summed E-state index contributed by atoms with van der Waals surface area (Å²) >= 11 is 0. The highest BCUT2D eigenvalue weighted by molar-refractivity contribution is 6.21. The Bertz CT molecular complexity index is 426. The normalized spacial score (nSPS) is 14.8. The van der Waals surface area contributed by atoms with Crippen LogP contribution in [0.2, 0.25) is 0 Å². The van der Waals surface area contributed by atoms with Crippen LogP contribution in [-0.4, -0.2) is 23.3 Å². The van der Waals surface area contributed by atoms with E-state index in [1.165, 1.54) is 6.07 Å². The van der Waals surface area contributed by atoms with Gasteiger partial charge in [0, 0.05) is 12.2 Å². The van der Waals surface area contributed by atoms with Crippen molar-refractivity contribution in [2.24, 2.45) is 0 Å². The van der Waals surface area contributed by atoms with Gasteiger partial charge in [0.05, 0.1) is 11.1 Å². The lowest BCUT2D eigenvalue weighted by molar-refractivity contribution is 0.0671. The van der Waals surface area contributed by atoms with Crippen LogP contribution in [0.3, 0.4) is 0 Å². The number of carbonyl (C=O) groups excluding carboxylic acids is 2.